The summed E-state index contributed by atoms with van der Waals surface area (Å²) in [7, 11) is 0. The van der Waals surface area contributed by atoms with Gasteiger partial charge in [0.05, 0.1) is 13.2 Å². The molecule has 12 heteroatoms. The summed E-state index contributed by atoms with van der Waals surface area (Å²) < 4.78 is 21.5. The van der Waals surface area contributed by atoms with Gasteiger partial charge in [0.15, 0.2) is 0 Å². The highest BCUT2D eigenvalue weighted by Gasteiger charge is 2.89. The lowest BCUT2D eigenvalue weighted by molar-refractivity contribution is -0.439. The second kappa shape index (κ2) is 6.91. The van der Waals surface area contributed by atoms with Gasteiger partial charge in [-0.2, -0.15) is 0 Å². The normalized spacial score (nSPS) is 53.1. The molecule has 8 N–H and O–H groups in total. The van der Waals surface area contributed by atoms with Crippen molar-refractivity contribution in [2.45, 2.75) is 67.0 Å². The molecular weight excluding hydrogens is 384 g/mol. The first kappa shape index (κ1) is 22.0. The fourth-order valence-corrected chi connectivity index (χ4v) is 3.81. The zero-order valence-corrected chi connectivity index (χ0v) is 15.1. The zero-order chi connectivity index (χ0) is 21.1. The van der Waals surface area contributed by atoms with Crippen LogP contribution in [0.25, 0.3) is 0 Å². The molecule has 3 heterocycles. The molecule has 3 rings (SSSR count). The van der Waals surface area contributed by atoms with E-state index in [1.54, 1.807) is 0 Å². The van der Waals surface area contributed by atoms with Crippen LogP contribution in [0.4, 0.5) is 0 Å². The first-order valence-electron chi connectivity index (χ1n) is 8.67. The van der Waals surface area contributed by atoms with Crippen LogP contribution in [-0.4, -0.2) is 114 Å². The minimum atomic E-state index is -2.68. The standard InChI is InChI=1S/C16H26O12/c1-7(2)3-14(16(24)15(23,28-16)11(21)9(5-18)26-14)27-13(6-19)12(22)10(20)8(4-17)25-13/h8-12,17-24H,1,3-6H2,2H3/t8-,9-,10-,11-,12+,13?,14+,15-,16-/m1/s1. The van der Waals surface area contributed by atoms with Gasteiger partial charge < -0.3 is 59.8 Å². The van der Waals surface area contributed by atoms with Crippen molar-refractivity contribution in [1.82, 2.24) is 0 Å². The Morgan fingerprint density at radius 2 is 1.61 bits per heavy atom. The average Bonchev–Trinajstić information content (AvgIpc) is 3.17. The van der Waals surface area contributed by atoms with E-state index in [0.717, 1.165) is 0 Å². The summed E-state index contributed by atoms with van der Waals surface area (Å²) in [6, 6.07) is 0. The molecule has 0 radical (unpaired) electrons. The largest absolute Gasteiger partial charge is 0.394 e. The quantitative estimate of drug-likeness (QED) is 0.148. The lowest BCUT2D eigenvalue weighted by Gasteiger charge is -2.48. The molecule has 0 aromatic rings. The molecule has 3 fully saturated rings. The third-order valence-corrected chi connectivity index (χ3v) is 5.32. The fraction of sp³-hybridized carbons (Fsp3) is 0.875. The van der Waals surface area contributed by atoms with E-state index >= 15 is 0 Å². The first-order valence-corrected chi connectivity index (χ1v) is 8.67. The molecule has 0 bridgehead atoms. The minimum Gasteiger partial charge on any atom is -0.394 e. The molecule has 3 aliphatic heterocycles. The van der Waals surface area contributed by atoms with Crippen LogP contribution < -0.4 is 0 Å². The Bertz CT molecular complexity index is 631. The van der Waals surface area contributed by atoms with Crippen molar-refractivity contribution in [2.24, 2.45) is 0 Å². The lowest BCUT2D eigenvalue weighted by Crippen LogP contribution is -2.69. The zero-order valence-electron chi connectivity index (χ0n) is 15.1. The van der Waals surface area contributed by atoms with Crippen LogP contribution in [0.15, 0.2) is 12.2 Å². The van der Waals surface area contributed by atoms with Gasteiger partial charge in [-0.15, -0.1) is 0 Å². The molecule has 9 atom stereocenters. The van der Waals surface area contributed by atoms with Gasteiger partial charge in [0.1, 0.15) is 37.1 Å². The first-order chi connectivity index (χ1) is 13.0. The van der Waals surface area contributed by atoms with Crippen molar-refractivity contribution < 1.29 is 59.8 Å². The second-order valence-electron chi connectivity index (χ2n) is 7.46. The highest BCUT2D eigenvalue weighted by Crippen LogP contribution is 2.62. The van der Waals surface area contributed by atoms with E-state index in [2.05, 4.69) is 6.58 Å². The van der Waals surface area contributed by atoms with E-state index in [1.165, 1.54) is 6.92 Å². The van der Waals surface area contributed by atoms with Crippen LogP contribution >= 0.6 is 0 Å². The number of hydrogen-bond donors (Lipinski definition) is 8. The van der Waals surface area contributed by atoms with Crippen molar-refractivity contribution >= 4 is 0 Å². The van der Waals surface area contributed by atoms with E-state index in [4.69, 9.17) is 18.9 Å². The van der Waals surface area contributed by atoms with Gasteiger partial charge >= 0.3 is 0 Å². The lowest BCUT2D eigenvalue weighted by atomic mass is 9.88. The van der Waals surface area contributed by atoms with Gasteiger partial charge in [-0.05, 0) is 6.92 Å². The van der Waals surface area contributed by atoms with Crippen molar-refractivity contribution in [2.75, 3.05) is 19.8 Å². The number of epoxide rings is 1. The summed E-state index contributed by atoms with van der Waals surface area (Å²) in [5.41, 5.74) is 0.333. The Hall–Kier alpha value is -0.740. The Morgan fingerprint density at radius 1 is 1.00 bits per heavy atom. The molecular formula is C16H26O12. The maximum absolute atomic E-state index is 10.9. The van der Waals surface area contributed by atoms with Crippen molar-refractivity contribution in [3.63, 3.8) is 0 Å². The summed E-state index contributed by atoms with van der Waals surface area (Å²) in [5, 5.41) is 80.6. The molecule has 162 valence electrons. The molecule has 0 saturated carbocycles. The highest BCUT2D eigenvalue weighted by atomic mass is 16.9. The summed E-state index contributed by atoms with van der Waals surface area (Å²) in [6.45, 7) is 2.61. The van der Waals surface area contributed by atoms with Gasteiger partial charge in [-0.3, -0.25) is 0 Å². The van der Waals surface area contributed by atoms with Crippen molar-refractivity contribution in [3.05, 3.63) is 12.2 Å². The van der Waals surface area contributed by atoms with E-state index in [-0.39, 0.29) is 6.42 Å². The monoisotopic (exact) mass is 410 g/mol. The second-order valence-corrected chi connectivity index (χ2v) is 7.46. The van der Waals surface area contributed by atoms with Crippen LogP contribution in [0.5, 0.6) is 0 Å². The van der Waals surface area contributed by atoms with Crippen molar-refractivity contribution in [1.29, 1.82) is 0 Å². The predicted octanol–water partition coefficient (Wildman–Crippen LogP) is -4.37. The molecule has 0 aromatic carbocycles. The molecule has 0 amide bonds. The van der Waals surface area contributed by atoms with Gasteiger partial charge in [-0.1, -0.05) is 12.2 Å². The van der Waals surface area contributed by atoms with Gasteiger partial charge in [0, 0.05) is 6.42 Å². The van der Waals surface area contributed by atoms with E-state index < -0.39 is 73.5 Å². The van der Waals surface area contributed by atoms with Crippen LogP contribution in [0, 0.1) is 0 Å². The molecule has 28 heavy (non-hydrogen) atoms. The average molecular weight is 410 g/mol. The molecule has 0 aromatic heterocycles. The molecule has 0 aliphatic carbocycles. The summed E-state index contributed by atoms with van der Waals surface area (Å²) >= 11 is 0. The van der Waals surface area contributed by atoms with Gasteiger partial charge in [0.2, 0.25) is 11.6 Å². The SMILES string of the molecule is C=C(C)C[C@@]1(OC2(CO)O[C@H](CO)[C@@H](O)[C@@H]2O)O[C@H](CO)[C@@H](O)[C@@]2(O)O[C@]12O. The Kier molecular flexibility index (Phi) is 5.41. The maximum Gasteiger partial charge on any atom is 0.283 e. The number of hydrogen-bond acceptors (Lipinski definition) is 12. The maximum atomic E-state index is 10.9. The third-order valence-electron chi connectivity index (χ3n) is 5.32. The van der Waals surface area contributed by atoms with Crippen molar-refractivity contribution in [3.8, 4) is 0 Å². The van der Waals surface area contributed by atoms with Crippen LogP contribution in [-0.2, 0) is 18.9 Å². The third kappa shape index (κ3) is 2.77. The number of aliphatic hydroxyl groups excluding tert-OH is 6. The topological polar surface area (TPSA) is 202 Å². The van der Waals surface area contributed by atoms with Crippen LogP contribution in [0.3, 0.4) is 0 Å². The fourth-order valence-electron chi connectivity index (χ4n) is 3.81. The smallest absolute Gasteiger partial charge is 0.283 e. The summed E-state index contributed by atoms with van der Waals surface area (Å²) in [5.74, 6) is -10.1. The van der Waals surface area contributed by atoms with Gasteiger partial charge in [0.25, 0.3) is 11.6 Å². The molecule has 1 unspecified atom stereocenters. The minimum absolute atomic E-state index is 0.333. The molecule has 12 nitrogen and oxygen atoms in total. The Balaban J connectivity index is 2.04. The molecule has 3 aliphatic rings. The van der Waals surface area contributed by atoms with E-state index in [1.807, 2.05) is 0 Å². The summed E-state index contributed by atoms with van der Waals surface area (Å²) in [6.07, 6.45) is -8.60. The predicted molar refractivity (Wildman–Crippen MR) is 86.0 cm³/mol. The number of fused-ring (bicyclic) bond motifs is 1. The van der Waals surface area contributed by atoms with Crippen LogP contribution in [0.2, 0.25) is 0 Å². The molecule has 3 saturated heterocycles. The highest BCUT2D eigenvalue weighted by molar-refractivity contribution is 5.21. The number of ether oxygens (including phenoxy) is 4. The van der Waals surface area contributed by atoms with E-state index in [9.17, 15) is 40.9 Å². The Labute approximate surface area is 159 Å². The van der Waals surface area contributed by atoms with Gasteiger partial charge in [-0.25, -0.2) is 0 Å². The van der Waals surface area contributed by atoms with Crippen LogP contribution in [0.1, 0.15) is 13.3 Å². The number of rotatable bonds is 7. The Morgan fingerprint density at radius 3 is 2.07 bits per heavy atom. The molecule has 0 spiro atoms. The summed E-state index contributed by atoms with van der Waals surface area (Å²) in [4.78, 5) is 0. The van der Waals surface area contributed by atoms with E-state index in [0.29, 0.717) is 5.57 Å². The number of aliphatic hydroxyl groups is 8.